The molecule has 0 atom stereocenters. The van der Waals surface area contributed by atoms with Crippen molar-refractivity contribution in [1.82, 2.24) is 0 Å². The zero-order valence-corrected chi connectivity index (χ0v) is 44.4. The zero-order chi connectivity index (χ0) is 48.8. The monoisotopic (exact) mass is 981 g/mol. The smallest absolute Gasteiger partial charge is 0.146 e. The normalized spacial score (nSPS) is 11.6. The summed E-state index contributed by atoms with van der Waals surface area (Å²) in [6, 6.07) is 89.2. The van der Waals surface area contributed by atoms with Gasteiger partial charge in [-0.05, 0) is 56.6 Å². The summed E-state index contributed by atoms with van der Waals surface area (Å²) in [4.78, 5) is 0. The van der Waals surface area contributed by atoms with Crippen LogP contribution in [0.2, 0.25) is 18.1 Å². The quantitative estimate of drug-likeness (QED) is 0.0512. The Labute approximate surface area is 427 Å². The minimum absolute atomic E-state index is 0.118. The number of hydrogen-bond acceptors (Lipinski definition) is 1. The molecule has 0 fully saturated rings. The van der Waals surface area contributed by atoms with Crippen LogP contribution in [0.5, 0.6) is 0 Å². The molecule has 0 saturated carbocycles. The lowest BCUT2D eigenvalue weighted by atomic mass is 10.1. The average molecular weight is 982 g/mol. The standard InChI is InChI=1S/C66H66FNP2Si/c1-4-7-48-71(49-8-5-2,50-9-6-3)64-46-47-66(65(67)51-64)68(69(60-38-30-56(31-39-60)52-22-14-10-15-23-52)61-40-32-57(33-41-61)53-24-16-11-17-25-53)70(62-42-34-58(35-43-62)54-26-18-12-19-27-54)63-44-36-59(37-45-63)55-28-20-13-21-29-55/h10-47,51H,4-9,48-50H2,1-3H3. The highest BCUT2D eigenvalue weighted by Crippen LogP contribution is 2.58. The molecule has 71 heavy (non-hydrogen) atoms. The lowest BCUT2D eigenvalue weighted by molar-refractivity contribution is 0.632. The molecule has 0 amide bonds. The Morgan fingerprint density at radius 3 is 0.859 bits per heavy atom. The molecule has 0 N–H and O–H groups in total. The Morgan fingerprint density at radius 2 is 0.606 bits per heavy atom. The Morgan fingerprint density at radius 1 is 0.338 bits per heavy atom. The Hall–Kier alpha value is -6.21. The SMILES string of the molecule is CCCC[Si](CCCC)(CCCC)c1ccc(N(P(c2ccc(-c3ccccc3)cc2)c2ccc(-c3ccccc3)cc2)P(c2ccc(-c3ccccc3)cc2)c2ccc(-c3ccccc3)cc2)c(F)c1. The van der Waals surface area contributed by atoms with E-state index < -0.39 is 24.2 Å². The fraction of sp³-hybridized carbons (Fsp3) is 0.182. The fourth-order valence-corrected chi connectivity index (χ4v) is 21.6. The minimum Gasteiger partial charge on any atom is -0.310 e. The molecule has 0 aliphatic carbocycles. The van der Waals surface area contributed by atoms with Crippen LogP contribution in [0.25, 0.3) is 44.5 Å². The number of anilines is 1. The van der Waals surface area contributed by atoms with Gasteiger partial charge >= 0.3 is 0 Å². The first kappa shape index (κ1) is 49.8. The predicted octanol–water partition coefficient (Wildman–Crippen LogP) is 17.5. The van der Waals surface area contributed by atoms with Crippen molar-refractivity contribution >= 4 is 56.3 Å². The Bertz CT molecular complexity index is 2660. The van der Waals surface area contributed by atoms with Gasteiger partial charge in [0.25, 0.3) is 0 Å². The third-order valence-electron chi connectivity index (χ3n) is 14.1. The van der Waals surface area contributed by atoms with Gasteiger partial charge in [0.05, 0.1) is 29.9 Å². The van der Waals surface area contributed by atoms with Gasteiger partial charge in [0, 0.05) is 21.2 Å². The van der Waals surface area contributed by atoms with E-state index in [4.69, 9.17) is 0 Å². The molecule has 0 aliphatic rings. The molecule has 1 nitrogen and oxygen atoms in total. The van der Waals surface area contributed by atoms with Gasteiger partial charge in [0.15, 0.2) is 0 Å². The van der Waals surface area contributed by atoms with Crippen molar-refractivity contribution in [2.75, 3.05) is 4.44 Å². The van der Waals surface area contributed by atoms with Crippen LogP contribution < -0.4 is 30.8 Å². The number of nitrogens with zero attached hydrogens (tertiary/aromatic N) is 1. The molecule has 9 rings (SSSR count). The van der Waals surface area contributed by atoms with Crippen molar-refractivity contribution in [2.45, 2.75) is 77.4 Å². The molecular weight excluding hydrogens is 916 g/mol. The molecule has 5 heteroatoms. The van der Waals surface area contributed by atoms with Crippen molar-refractivity contribution in [3.8, 4) is 44.5 Å². The van der Waals surface area contributed by atoms with Gasteiger partial charge in [-0.3, -0.25) is 0 Å². The van der Waals surface area contributed by atoms with E-state index in [0.717, 1.165) is 41.5 Å². The van der Waals surface area contributed by atoms with Crippen LogP contribution in [0.1, 0.15) is 59.3 Å². The van der Waals surface area contributed by atoms with Gasteiger partial charge in [0.2, 0.25) is 0 Å². The molecule has 0 unspecified atom stereocenters. The number of benzene rings is 9. The van der Waals surface area contributed by atoms with Crippen molar-refractivity contribution in [3.05, 3.63) is 242 Å². The van der Waals surface area contributed by atoms with Gasteiger partial charge in [-0.15, -0.1) is 0 Å². The first-order chi connectivity index (χ1) is 35.0. The molecule has 0 radical (unpaired) electrons. The summed E-state index contributed by atoms with van der Waals surface area (Å²) in [7, 11) is -4.82. The van der Waals surface area contributed by atoms with Crippen LogP contribution in [0, 0.1) is 5.82 Å². The lowest BCUT2D eigenvalue weighted by Crippen LogP contribution is -2.47. The van der Waals surface area contributed by atoms with E-state index in [1.807, 2.05) is 6.07 Å². The number of hydrogen-bond donors (Lipinski definition) is 0. The van der Waals surface area contributed by atoms with Crippen LogP contribution in [-0.2, 0) is 0 Å². The van der Waals surface area contributed by atoms with Crippen molar-refractivity contribution < 1.29 is 4.39 Å². The summed E-state index contributed by atoms with van der Waals surface area (Å²) in [6.45, 7) is 6.92. The maximum absolute atomic E-state index is 18.5. The third-order valence-corrected chi connectivity index (χ3v) is 24.9. The molecule has 0 bridgehead atoms. The van der Waals surface area contributed by atoms with E-state index in [1.165, 1.54) is 86.1 Å². The number of unbranched alkanes of at least 4 members (excludes halogenated alkanes) is 3. The topological polar surface area (TPSA) is 3.24 Å². The van der Waals surface area contributed by atoms with Crippen molar-refractivity contribution in [1.29, 1.82) is 0 Å². The first-order valence-electron chi connectivity index (χ1n) is 25.8. The molecule has 9 aromatic rings. The zero-order valence-electron chi connectivity index (χ0n) is 41.6. The van der Waals surface area contributed by atoms with Crippen LogP contribution in [-0.4, -0.2) is 8.07 Å². The second-order valence-corrected chi connectivity index (χ2v) is 27.9. The molecular formula is C66H66FNP2Si. The van der Waals surface area contributed by atoms with E-state index in [0.29, 0.717) is 5.69 Å². The highest BCUT2D eigenvalue weighted by molar-refractivity contribution is 7.90. The summed E-state index contributed by atoms with van der Waals surface area (Å²) >= 11 is 0. The fourth-order valence-electron chi connectivity index (χ4n) is 10.1. The van der Waals surface area contributed by atoms with E-state index in [-0.39, 0.29) is 5.82 Å². The number of halogens is 1. The molecule has 0 aromatic heterocycles. The van der Waals surface area contributed by atoms with E-state index in [1.54, 1.807) is 0 Å². The highest BCUT2D eigenvalue weighted by atomic mass is 31.2. The summed E-state index contributed by atoms with van der Waals surface area (Å²) in [5.74, 6) is -0.118. The van der Waals surface area contributed by atoms with Gasteiger partial charge in [-0.1, -0.05) is 307 Å². The maximum Gasteiger partial charge on any atom is 0.146 e. The summed E-state index contributed by atoms with van der Waals surface area (Å²) in [5.41, 5.74) is 10.0. The van der Waals surface area contributed by atoms with Crippen LogP contribution in [0.3, 0.4) is 0 Å². The molecule has 0 aliphatic heterocycles. The Balaban J connectivity index is 1.29. The molecule has 0 saturated heterocycles. The van der Waals surface area contributed by atoms with Gasteiger partial charge in [-0.2, -0.15) is 0 Å². The van der Waals surface area contributed by atoms with E-state index in [9.17, 15) is 0 Å². The Kier molecular flexibility index (Phi) is 17.0. The summed E-state index contributed by atoms with van der Waals surface area (Å²) in [6.07, 6.45) is 7.07. The molecule has 0 spiro atoms. The second kappa shape index (κ2) is 24.3. The average Bonchev–Trinajstić information content (AvgIpc) is 3.44. The summed E-state index contributed by atoms with van der Waals surface area (Å²) < 4.78 is 21.1. The summed E-state index contributed by atoms with van der Waals surface area (Å²) in [5, 5.41) is 5.97. The van der Waals surface area contributed by atoms with Crippen molar-refractivity contribution in [3.63, 3.8) is 0 Å². The van der Waals surface area contributed by atoms with Gasteiger partial charge in [0.1, 0.15) is 5.82 Å². The molecule has 356 valence electrons. The highest BCUT2D eigenvalue weighted by Gasteiger charge is 2.37. The predicted molar refractivity (Wildman–Crippen MR) is 313 cm³/mol. The van der Waals surface area contributed by atoms with E-state index in [2.05, 4.69) is 256 Å². The second-order valence-electron chi connectivity index (χ2n) is 18.8. The maximum atomic E-state index is 18.5. The van der Waals surface area contributed by atoms with Gasteiger partial charge < -0.3 is 4.44 Å². The van der Waals surface area contributed by atoms with Crippen molar-refractivity contribution in [2.24, 2.45) is 0 Å². The molecule has 9 aromatic carbocycles. The molecule has 0 heterocycles. The lowest BCUT2D eigenvalue weighted by Gasteiger charge is -2.41. The van der Waals surface area contributed by atoms with E-state index >= 15 is 4.39 Å². The number of rotatable bonds is 21. The van der Waals surface area contributed by atoms with Gasteiger partial charge in [-0.25, -0.2) is 4.39 Å². The largest absolute Gasteiger partial charge is 0.310 e. The minimum atomic E-state index is -2.04. The van der Waals surface area contributed by atoms with Crippen LogP contribution in [0.15, 0.2) is 237 Å². The van der Waals surface area contributed by atoms with Crippen LogP contribution >= 0.6 is 16.1 Å². The third kappa shape index (κ3) is 11.8. The van der Waals surface area contributed by atoms with Crippen LogP contribution in [0.4, 0.5) is 10.1 Å². The first-order valence-corrected chi connectivity index (χ1v) is 31.0.